The third-order valence-corrected chi connectivity index (χ3v) is 3.45. The molecule has 0 unspecified atom stereocenters. The number of nitrogens with one attached hydrogen (secondary N) is 2. The van der Waals surface area contributed by atoms with Gasteiger partial charge in [0.1, 0.15) is 0 Å². The van der Waals surface area contributed by atoms with Crippen molar-refractivity contribution >= 4 is 46.2 Å². The van der Waals surface area contributed by atoms with Crippen molar-refractivity contribution in [2.75, 3.05) is 16.4 Å². The van der Waals surface area contributed by atoms with Gasteiger partial charge in [0.15, 0.2) is 0 Å². The summed E-state index contributed by atoms with van der Waals surface area (Å²) in [5.74, 6) is -0.139. The summed E-state index contributed by atoms with van der Waals surface area (Å²) in [6.07, 6.45) is 0. The van der Waals surface area contributed by atoms with Crippen molar-refractivity contribution in [1.82, 2.24) is 9.97 Å². The van der Waals surface area contributed by atoms with Gasteiger partial charge >= 0.3 is 5.69 Å². The average Bonchev–Trinajstić information content (AvgIpc) is 2.55. The van der Waals surface area contributed by atoms with E-state index in [1.807, 2.05) is 30.3 Å². The monoisotopic (exact) mass is 356 g/mol. The van der Waals surface area contributed by atoms with Crippen LogP contribution in [0.3, 0.4) is 0 Å². The Morgan fingerprint density at radius 2 is 1.72 bits per heavy atom. The Morgan fingerprint density at radius 1 is 1.00 bits per heavy atom. The Hall–Kier alpha value is -3.39. The van der Waals surface area contributed by atoms with Crippen LogP contribution in [0.15, 0.2) is 54.6 Å². The third-order valence-electron chi connectivity index (χ3n) is 3.21. The summed E-state index contributed by atoms with van der Waals surface area (Å²) in [6, 6.07) is 15.9. The fourth-order valence-electron chi connectivity index (χ4n) is 2.15. The van der Waals surface area contributed by atoms with Crippen LogP contribution in [0.4, 0.5) is 34.6 Å². The van der Waals surface area contributed by atoms with E-state index in [1.165, 1.54) is 0 Å². The van der Waals surface area contributed by atoms with E-state index in [0.29, 0.717) is 10.7 Å². The minimum absolute atomic E-state index is 0.0294. The minimum atomic E-state index is -0.630. The number of hydrogen-bond donors (Lipinski definition) is 3. The number of benzene rings is 2. The van der Waals surface area contributed by atoms with Crippen molar-refractivity contribution in [2.45, 2.75) is 0 Å². The maximum Gasteiger partial charge on any atom is 0.353 e. The predicted molar refractivity (Wildman–Crippen MR) is 97.6 cm³/mol. The Bertz CT molecular complexity index is 920. The van der Waals surface area contributed by atoms with Gasteiger partial charge in [0.2, 0.25) is 17.6 Å². The summed E-state index contributed by atoms with van der Waals surface area (Å²) >= 11 is 5.94. The number of rotatable bonds is 5. The smallest absolute Gasteiger partial charge is 0.353 e. The highest BCUT2D eigenvalue weighted by molar-refractivity contribution is 6.30. The second-order valence-electron chi connectivity index (χ2n) is 5.01. The Balaban J connectivity index is 2.00. The third kappa shape index (κ3) is 3.93. The quantitative estimate of drug-likeness (QED) is 0.465. The number of nitrogen functional groups attached to an aromatic ring is 1. The topological polar surface area (TPSA) is 119 Å². The fraction of sp³-hybridized carbons (Fsp3) is 0. The normalized spacial score (nSPS) is 10.3. The van der Waals surface area contributed by atoms with E-state index in [1.54, 1.807) is 24.3 Å². The van der Waals surface area contributed by atoms with E-state index in [0.717, 1.165) is 5.69 Å². The molecule has 3 rings (SSSR count). The molecule has 1 aromatic heterocycles. The van der Waals surface area contributed by atoms with Crippen molar-refractivity contribution in [3.05, 3.63) is 69.7 Å². The number of hydrogen-bond acceptors (Lipinski definition) is 7. The SMILES string of the molecule is Nc1nc(Nc2ccccc2)nc(Nc2cccc(Cl)c2)c1[N+](=O)[O-]. The van der Waals surface area contributed by atoms with Gasteiger partial charge in [0, 0.05) is 16.4 Å². The van der Waals surface area contributed by atoms with Crippen LogP contribution in [-0.4, -0.2) is 14.9 Å². The maximum atomic E-state index is 11.3. The molecule has 0 aliphatic heterocycles. The van der Waals surface area contributed by atoms with Crippen LogP contribution in [0.5, 0.6) is 0 Å². The van der Waals surface area contributed by atoms with Gasteiger partial charge in [0.25, 0.3) is 0 Å². The number of nitro groups is 1. The van der Waals surface area contributed by atoms with Crippen molar-refractivity contribution in [2.24, 2.45) is 0 Å². The molecule has 8 nitrogen and oxygen atoms in total. The van der Waals surface area contributed by atoms with E-state index in [2.05, 4.69) is 20.6 Å². The second kappa shape index (κ2) is 7.02. The van der Waals surface area contributed by atoms with Gasteiger partial charge in [-0.1, -0.05) is 35.9 Å². The molecule has 0 aliphatic carbocycles. The molecule has 9 heteroatoms. The summed E-state index contributed by atoms with van der Waals surface area (Å²) in [7, 11) is 0. The molecular formula is C16H13ClN6O2. The van der Waals surface area contributed by atoms with Gasteiger partial charge in [-0.05, 0) is 30.3 Å². The number of para-hydroxylation sites is 1. The molecule has 0 amide bonds. The van der Waals surface area contributed by atoms with E-state index < -0.39 is 10.6 Å². The van der Waals surface area contributed by atoms with Gasteiger partial charge in [-0.3, -0.25) is 10.1 Å². The summed E-state index contributed by atoms with van der Waals surface area (Å²) in [4.78, 5) is 18.8. The molecule has 0 fully saturated rings. The molecule has 0 spiro atoms. The summed E-state index contributed by atoms with van der Waals surface area (Å²) in [5, 5.41) is 17.6. The lowest BCUT2D eigenvalue weighted by Gasteiger charge is -2.11. The standard InChI is InChI=1S/C16H13ClN6O2/c17-10-5-4-8-12(9-10)19-15-13(23(24)25)14(18)21-16(22-15)20-11-6-2-1-3-7-11/h1-9H,(H4,18,19,20,21,22). The lowest BCUT2D eigenvalue weighted by atomic mass is 10.3. The van der Waals surface area contributed by atoms with Crippen molar-refractivity contribution in [3.63, 3.8) is 0 Å². The first-order valence-corrected chi connectivity index (χ1v) is 7.57. The van der Waals surface area contributed by atoms with Crippen molar-refractivity contribution in [1.29, 1.82) is 0 Å². The molecule has 0 aliphatic rings. The van der Waals surface area contributed by atoms with Gasteiger partial charge in [-0.25, -0.2) is 0 Å². The lowest BCUT2D eigenvalue weighted by Crippen LogP contribution is -2.08. The first-order chi connectivity index (χ1) is 12.0. The number of nitrogens with two attached hydrogens (primary N) is 1. The molecule has 0 saturated carbocycles. The van der Waals surface area contributed by atoms with Crippen LogP contribution in [0.25, 0.3) is 0 Å². The highest BCUT2D eigenvalue weighted by Crippen LogP contribution is 2.32. The van der Waals surface area contributed by atoms with Gasteiger partial charge in [-0.15, -0.1) is 0 Å². The number of nitrogens with zero attached hydrogens (tertiary/aromatic N) is 3. The van der Waals surface area contributed by atoms with E-state index in [9.17, 15) is 10.1 Å². The molecule has 126 valence electrons. The first kappa shape index (κ1) is 16.5. The average molecular weight is 357 g/mol. The molecule has 0 atom stereocenters. The van der Waals surface area contributed by atoms with Gasteiger partial charge < -0.3 is 16.4 Å². The number of aromatic nitrogens is 2. The fourth-order valence-corrected chi connectivity index (χ4v) is 2.34. The van der Waals surface area contributed by atoms with Crippen LogP contribution in [0.2, 0.25) is 5.02 Å². The first-order valence-electron chi connectivity index (χ1n) is 7.19. The zero-order chi connectivity index (χ0) is 17.8. The molecule has 25 heavy (non-hydrogen) atoms. The highest BCUT2D eigenvalue weighted by Gasteiger charge is 2.23. The van der Waals surface area contributed by atoms with Crippen molar-refractivity contribution < 1.29 is 4.92 Å². The van der Waals surface area contributed by atoms with Crippen molar-refractivity contribution in [3.8, 4) is 0 Å². The van der Waals surface area contributed by atoms with Crippen LogP contribution < -0.4 is 16.4 Å². The van der Waals surface area contributed by atoms with Gasteiger partial charge in [0.05, 0.1) is 4.92 Å². The number of anilines is 5. The van der Waals surface area contributed by atoms with Crippen LogP contribution in [0.1, 0.15) is 0 Å². The zero-order valence-corrected chi connectivity index (χ0v) is 13.6. The summed E-state index contributed by atoms with van der Waals surface area (Å²) < 4.78 is 0. The van der Waals surface area contributed by atoms with Crippen LogP contribution in [-0.2, 0) is 0 Å². The second-order valence-corrected chi connectivity index (χ2v) is 5.45. The maximum absolute atomic E-state index is 11.3. The van der Waals surface area contributed by atoms with Crippen LogP contribution >= 0.6 is 11.6 Å². The van der Waals surface area contributed by atoms with Crippen LogP contribution in [0, 0.1) is 10.1 Å². The Labute approximate surface area is 147 Å². The zero-order valence-electron chi connectivity index (χ0n) is 12.8. The Morgan fingerprint density at radius 3 is 2.40 bits per heavy atom. The highest BCUT2D eigenvalue weighted by atomic mass is 35.5. The van der Waals surface area contributed by atoms with E-state index in [-0.39, 0.29) is 17.6 Å². The molecule has 3 aromatic rings. The number of halogens is 1. The molecule has 2 aromatic carbocycles. The minimum Gasteiger partial charge on any atom is -0.378 e. The molecule has 0 radical (unpaired) electrons. The molecule has 4 N–H and O–H groups in total. The molecular weight excluding hydrogens is 344 g/mol. The molecule has 1 heterocycles. The largest absolute Gasteiger partial charge is 0.378 e. The van der Waals surface area contributed by atoms with Gasteiger partial charge in [-0.2, -0.15) is 9.97 Å². The van der Waals surface area contributed by atoms with E-state index >= 15 is 0 Å². The Kier molecular flexibility index (Phi) is 4.62. The van der Waals surface area contributed by atoms with E-state index in [4.69, 9.17) is 17.3 Å². The summed E-state index contributed by atoms with van der Waals surface area (Å²) in [6.45, 7) is 0. The molecule has 0 saturated heterocycles. The lowest BCUT2D eigenvalue weighted by molar-refractivity contribution is -0.383. The predicted octanol–water partition coefficient (Wildman–Crippen LogP) is 4.11. The summed E-state index contributed by atoms with van der Waals surface area (Å²) in [5.41, 5.74) is 6.62. The molecule has 0 bridgehead atoms.